The van der Waals surface area contributed by atoms with Gasteiger partial charge in [-0.1, -0.05) is 47.5 Å². The number of para-hydroxylation sites is 1. The molecule has 6 heteroatoms. The van der Waals surface area contributed by atoms with Crippen LogP contribution in [-0.2, 0) is 0 Å². The molecule has 0 aliphatic rings. The van der Waals surface area contributed by atoms with E-state index in [2.05, 4.69) is 4.98 Å². The van der Waals surface area contributed by atoms with Crippen LogP contribution in [0.3, 0.4) is 0 Å². The van der Waals surface area contributed by atoms with Crippen molar-refractivity contribution in [2.45, 2.75) is 0 Å². The summed E-state index contributed by atoms with van der Waals surface area (Å²) < 4.78 is 0. The van der Waals surface area contributed by atoms with Crippen LogP contribution in [0.4, 0.5) is 5.69 Å². The number of aromatic nitrogens is 1. The number of pyridine rings is 1. The topological polar surface area (TPSA) is 56.0 Å². The monoisotopic (exact) mass is 344 g/mol. The molecule has 2 aromatic carbocycles. The number of benzene rings is 2. The maximum atomic E-state index is 11.1. The van der Waals surface area contributed by atoms with Gasteiger partial charge in [-0.2, -0.15) is 0 Å². The Morgan fingerprint density at radius 1 is 0.957 bits per heavy atom. The number of hydrogen-bond donors (Lipinski definition) is 0. The van der Waals surface area contributed by atoms with Crippen LogP contribution in [0.2, 0.25) is 10.0 Å². The van der Waals surface area contributed by atoms with E-state index in [9.17, 15) is 10.1 Å². The van der Waals surface area contributed by atoms with Crippen molar-refractivity contribution in [3.8, 4) is 0 Å². The van der Waals surface area contributed by atoms with Gasteiger partial charge in [0.1, 0.15) is 5.52 Å². The van der Waals surface area contributed by atoms with Crippen LogP contribution in [0.15, 0.2) is 48.5 Å². The Kier molecular flexibility index (Phi) is 4.28. The summed E-state index contributed by atoms with van der Waals surface area (Å²) in [5.41, 5.74) is 1.60. The molecule has 1 aromatic heterocycles. The molecule has 0 spiro atoms. The first-order valence-corrected chi connectivity index (χ1v) is 7.48. The minimum Gasteiger partial charge on any atom is -0.258 e. The van der Waals surface area contributed by atoms with E-state index in [1.807, 2.05) is 0 Å². The molecular formula is C17H10Cl2N2O2. The molecular weight excluding hydrogens is 335 g/mol. The highest BCUT2D eigenvalue weighted by Crippen LogP contribution is 2.27. The van der Waals surface area contributed by atoms with Gasteiger partial charge < -0.3 is 0 Å². The Balaban J connectivity index is 2.06. The van der Waals surface area contributed by atoms with Crippen LogP contribution >= 0.6 is 23.2 Å². The van der Waals surface area contributed by atoms with Gasteiger partial charge in [0, 0.05) is 27.1 Å². The molecule has 114 valence electrons. The zero-order valence-corrected chi connectivity index (χ0v) is 13.3. The van der Waals surface area contributed by atoms with Gasteiger partial charge in [-0.3, -0.25) is 10.1 Å². The second-order valence-corrected chi connectivity index (χ2v) is 5.63. The van der Waals surface area contributed by atoms with Crippen molar-refractivity contribution >= 4 is 51.9 Å². The molecule has 0 saturated heterocycles. The highest BCUT2D eigenvalue weighted by molar-refractivity contribution is 6.37. The first-order chi connectivity index (χ1) is 11.1. The number of nitro groups is 1. The fourth-order valence-corrected chi connectivity index (χ4v) is 2.75. The Bertz CT molecular complexity index is 919. The Labute approximate surface area is 142 Å². The van der Waals surface area contributed by atoms with E-state index in [4.69, 9.17) is 23.2 Å². The first-order valence-electron chi connectivity index (χ1n) is 6.72. The van der Waals surface area contributed by atoms with Gasteiger partial charge in [-0.05, 0) is 30.4 Å². The number of hydrogen-bond acceptors (Lipinski definition) is 3. The minimum atomic E-state index is -0.437. The molecule has 0 fully saturated rings. The van der Waals surface area contributed by atoms with Gasteiger partial charge in [0.15, 0.2) is 0 Å². The molecule has 0 saturated carbocycles. The van der Waals surface area contributed by atoms with Gasteiger partial charge in [0.05, 0.1) is 10.6 Å². The molecule has 0 radical (unpaired) electrons. The maximum Gasteiger partial charge on any atom is 0.295 e. The number of non-ortho nitro benzene ring substituents is 1. The zero-order chi connectivity index (χ0) is 16.4. The van der Waals surface area contributed by atoms with Crippen LogP contribution < -0.4 is 0 Å². The summed E-state index contributed by atoms with van der Waals surface area (Å²) in [6.45, 7) is 0. The summed E-state index contributed by atoms with van der Waals surface area (Å²) in [6.07, 6.45) is 3.47. The van der Waals surface area contributed by atoms with Crippen LogP contribution in [-0.4, -0.2) is 9.91 Å². The number of fused-ring (bicyclic) bond motifs is 1. The number of rotatable bonds is 3. The average Bonchev–Trinajstić information content (AvgIpc) is 2.53. The van der Waals surface area contributed by atoms with Crippen molar-refractivity contribution in [2.75, 3.05) is 0 Å². The lowest BCUT2D eigenvalue weighted by atomic mass is 10.1. The predicted molar refractivity (Wildman–Crippen MR) is 93.8 cm³/mol. The first kappa shape index (κ1) is 15.5. The van der Waals surface area contributed by atoms with Crippen molar-refractivity contribution in [3.63, 3.8) is 0 Å². The normalized spacial score (nSPS) is 11.2. The maximum absolute atomic E-state index is 11.1. The second-order valence-electron chi connectivity index (χ2n) is 4.81. The molecule has 0 amide bonds. The third-order valence-electron chi connectivity index (χ3n) is 3.34. The van der Waals surface area contributed by atoms with Crippen LogP contribution in [0.5, 0.6) is 0 Å². The molecule has 23 heavy (non-hydrogen) atoms. The Hall–Kier alpha value is -2.43. The van der Waals surface area contributed by atoms with Gasteiger partial charge in [-0.25, -0.2) is 4.98 Å². The molecule has 3 rings (SSSR count). The molecule has 0 bridgehead atoms. The summed E-state index contributed by atoms with van der Waals surface area (Å²) in [7, 11) is 0. The minimum absolute atomic E-state index is 0.0199. The van der Waals surface area contributed by atoms with E-state index in [1.54, 1.807) is 54.6 Å². The fourth-order valence-electron chi connectivity index (χ4n) is 2.23. The highest BCUT2D eigenvalue weighted by atomic mass is 35.5. The van der Waals surface area contributed by atoms with E-state index >= 15 is 0 Å². The summed E-state index contributed by atoms with van der Waals surface area (Å²) in [6, 6.07) is 13.7. The molecule has 0 unspecified atom stereocenters. The Morgan fingerprint density at radius 2 is 1.65 bits per heavy atom. The summed E-state index contributed by atoms with van der Waals surface area (Å²) >= 11 is 12.2. The lowest BCUT2D eigenvalue weighted by Gasteiger charge is -2.02. The molecule has 0 aliphatic carbocycles. The lowest BCUT2D eigenvalue weighted by Crippen LogP contribution is -1.92. The molecule has 0 aliphatic heterocycles. The number of nitro benzene ring substituents is 1. The molecule has 4 nitrogen and oxygen atoms in total. The summed E-state index contributed by atoms with van der Waals surface area (Å²) in [5.74, 6) is 0. The molecule has 1 heterocycles. The van der Waals surface area contributed by atoms with E-state index in [-0.39, 0.29) is 5.69 Å². The molecule has 0 atom stereocenters. The van der Waals surface area contributed by atoms with Gasteiger partial charge in [0.25, 0.3) is 5.69 Å². The van der Waals surface area contributed by atoms with Crippen LogP contribution in [0.25, 0.3) is 23.1 Å². The lowest BCUT2D eigenvalue weighted by molar-refractivity contribution is -0.383. The van der Waals surface area contributed by atoms with Crippen molar-refractivity contribution in [1.29, 1.82) is 0 Å². The second kappa shape index (κ2) is 6.36. The van der Waals surface area contributed by atoms with Crippen molar-refractivity contribution < 1.29 is 4.92 Å². The van der Waals surface area contributed by atoms with Gasteiger partial charge >= 0.3 is 0 Å². The average molecular weight is 345 g/mol. The standard InChI is InChI=1S/C17H10Cl2N2O2/c18-14-4-2-5-15(19)13(14)10-9-12-8-7-11-3-1-6-16(21(22)23)17(11)20-12/h1-10H/b10-9+. The molecule has 0 N–H and O–H groups in total. The van der Waals surface area contributed by atoms with Crippen LogP contribution in [0.1, 0.15) is 11.3 Å². The van der Waals surface area contributed by atoms with Crippen molar-refractivity contribution in [1.82, 2.24) is 4.98 Å². The largest absolute Gasteiger partial charge is 0.295 e. The van der Waals surface area contributed by atoms with E-state index < -0.39 is 4.92 Å². The third kappa shape index (κ3) is 3.18. The summed E-state index contributed by atoms with van der Waals surface area (Å²) in [4.78, 5) is 15.0. The van der Waals surface area contributed by atoms with E-state index in [0.29, 0.717) is 32.2 Å². The number of halogens is 2. The number of nitrogens with zero attached hydrogens (tertiary/aromatic N) is 2. The SMILES string of the molecule is O=[N+]([O-])c1cccc2ccc(/C=C/c3c(Cl)cccc3Cl)nc12. The fraction of sp³-hybridized carbons (Fsp3) is 0. The zero-order valence-electron chi connectivity index (χ0n) is 11.7. The van der Waals surface area contributed by atoms with E-state index in [1.165, 1.54) is 6.07 Å². The van der Waals surface area contributed by atoms with Gasteiger partial charge in [-0.15, -0.1) is 0 Å². The smallest absolute Gasteiger partial charge is 0.258 e. The van der Waals surface area contributed by atoms with Crippen molar-refractivity contribution in [2.24, 2.45) is 0 Å². The third-order valence-corrected chi connectivity index (χ3v) is 4.00. The molecule has 3 aromatic rings. The highest BCUT2D eigenvalue weighted by Gasteiger charge is 2.12. The van der Waals surface area contributed by atoms with Crippen LogP contribution in [0, 0.1) is 10.1 Å². The quantitative estimate of drug-likeness (QED) is 0.457. The predicted octanol–water partition coefficient (Wildman–Crippen LogP) is 5.62. The van der Waals surface area contributed by atoms with Crippen molar-refractivity contribution in [3.05, 3.63) is 79.9 Å². The Morgan fingerprint density at radius 3 is 2.35 bits per heavy atom. The summed E-state index contributed by atoms with van der Waals surface area (Å²) in [5, 5.41) is 12.9. The van der Waals surface area contributed by atoms with Gasteiger partial charge in [0.2, 0.25) is 0 Å². The van der Waals surface area contributed by atoms with E-state index in [0.717, 1.165) is 0 Å².